The molecule has 0 atom stereocenters. The molecule has 0 bridgehead atoms. The van der Waals surface area contributed by atoms with Gasteiger partial charge >= 0.3 is 5.69 Å². The van der Waals surface area contributed by atoms with E-state index in [2.05, 4.69) is 10.2 Å². The Balaban J connectivity index is 1.97. The van der Waals surface area contributed by atoms with Gasteiger partial charge < -0.3 is 9.15 Å². The van der Waals surface area contributed by atoms with Gasteiger partial charge in [0.05, 0.1) is 4.92 Å². The van der Waals surface area contributed by atoms with Crippen LogP contribution in [0.25, 0.3) is 11.5 Å². The highest BCUT2D eigenvalue weighted by atomic mass is 19.1. The van der Waals surface area contributed by atoms with Crippen LogP contribution in [-0.2, 0) is 0 Å². The third kappa shape index (κ3) is 3.15. The molecule has 3 aromatic rings. The van der Waals surface area contributed by atoms with Gasteiger partial charge in [0.1, 0.15) is 11.6 Å². The first-order chi connectivity index (χ1) is 11.0. The van der Waals surface area contributed by atoms with Crippen LogP contribution in [0.15, 0.2) is 46.9 Å². The lowest BCUT2D eigenvalue weighted by molar-refractivity contribution is -0.385. The van der Waals surface area contributed by atoms with Crippen molar-refractivity contribution >= 4 is 5.69 Å². The SMILES string of the molecule is Cc1nnc(-c2ccc(Oc3ccc(F)cc3)c([N+](=O)[O-])c2)o1. The number of nitrogens with zero attached hydrogens (tertiary/aromatic N) is 3. The van der Waals surface area contributed by atoms with Gasteiger partial charge in [-0.3, -0.25) is 10.1 Å². The third-order valence-corrected chi connectivity index (χ3v) is 2.97. The number of halogens is 1. The van der Waals surface area contributed by atoms with Crippen molar-refractivity contribution in [3.05, 3.63) is 64.3 Å². The van der Waals surface area contributed by atoms with Crippen LogP contribution in [0.1, 0.15) is 5.89 Å². The van der Waals surface area contributed by atoms with Gasteiger partial charge in [0, 0.05) is 18.6 Å². The van der Waals surface area contributed by atoms with E-state index in [4.69, 9.17) is 9.15 Å². The molecule has 3 rings (SSSR count). The number of benzene rings is 2. The molecule has 0 aliphatic rings. The van der Waals surface area contributed by atoms with Crippen LogP contribution < -0.4 is 4.74 Å². The summed E-state index contributed by atoms with van der Waals surface area (Å²) in [5.74, 6) is 0.430. The van der Waals surface area contributed by atoms with Crippen LogP contribution in [0.5, 0.6) is 11.5 Å². The molecule has 23 heavy (non-hydrogen) atoms. The van der Waals surface area contributed by atoms with Crippen LogP contribution >= 0.6 is 0 Å². The van der Waals surface area contributed by atoms with E-state index in [0.29, 0.717) is 11.5 Å². The van der Waals surface area contributed by atoms with E-state index in [1.807, 2.05) is 0 Å². The molecule has 0 spiro atoms. The molecule has 0 saturated carbocycles. The fourth-order valence-corrected chi connectivity index (χ4v) is 1.92. The number of hydrogen-bond acceptors (Lipinski definition) is 6. The molecule has 116 valence electrons. The molecule has 1 heterocycles. The minimum Gasteiger partial charge on any atom is -0.450 e. The molecule has 0 fully saturated rings. The first-order valence-corrected chi connectivity index (χ1v) is 6.55. The van der Waals surface area contributed by atoms with Crippen molar-refractivity contribution in [2.24, 2.45) is 0 Å². The summed E-state index contributed by atoms with van der Waals surface area (Å²) >= 11 is 0. The van der Waals surface area contributed by atoms with Gasteiger partial charge in [-0.25, -0.2) is 4.39 Å². The standard InChI is InChI=1S/C15H10FN3O4/c1-9-17-18-15(22-9)10-2-7-14(13(8-10)19(20)21)23-12-5-3-11(16)4-6-12/h2-8H,1H3. The Hall–Kier alpha value is -3.29. The maximum Gasteiger partial charge on any atom is 0.312 e. The second-order valence-electron chi connectivity index (χ2n) is 4.62. The number of ether oxygens (including phenoxy) is 1. The lowest BCUT2D eigenvalue weighted by Crippen LogP contribution is -1.94. The molecule has 0 amide bonds. The molecular weight excluding hydrogens is 305 g/mol. The summed E-state index contributed by atoms with van der Waals surface area (Å²) in [4.78, 5) is 10.7. The first-order valence-electron chi connectivity index (χ1n) is 6.55. The number of rotatable bonds is 4. The zero-order valence-corrected chi connectivity index (χ0v) is 11.9. The Morgan fingerprint density at radius 2 is 1.91 bits per heavy atom. The van der Waals surface area contributed by atoms with Crippen molar-refractivity contribution in [2.45, 2.75) is 6.92 Å². The average Bonchev–Trinajstić information content (AvgIpc) is 2.96. The van der Waals surface area contributed by atoms with Crippen molar-refractivity contribution in [1.82, 2.24) is 10.2 Å². The maximum atomic E-state index is 12.9. The van der Waals surface area contributed by atoms with E-state index in [0.717, 1.165) is 0 Å². The summed E-state index contributed by atoms with van der Waals surface area (Å²) in [7, 11) is 0. The van der Waals surface area contributed by atoms with E-state index < -0.39 is 10.7 Å². The number of aromatic nitrogens is 2. The molecule has 0 aliphatic heterocycles. The van der Waals surface area contributed by atoms with Gasteiger partial charge in [-0.2, -0.15) is 0 Å². The highest BCUT2D eigenvalue weighted by molar-refractivity contribution is 5.62. The Kier molecular flexibility index (Phi) is 3.71. The Labute approximate surface area is 129 Å². The van der Waals surface area contributed by atoms with Crippen molar-refractivity contribution in [3.63, 3.8) is 0 Å². The Bertz CT molecular complexity index is 861. The second kappa shape index (κ2) is 5.84. The summed E-state index contributed by atoms with van der Waals surface area (Å²) in [6, 6.07) is 9.46. The summed E-state index contributed by atoms with van der Waals surface area (Å²) in [6.45, 7) is 1.62. The summed E-state index contributed by atoms with van der Waals surface area (Å²) in [6.07, 6.45) is 0. The molecule has 1 aromatic heterocycles. The Morgan fingerprint density at radius 1 is 1.17 bits per heavy atom. The van der Waals surface area contributed by atoms with E-state index in [1.165, 1.54) is 36.4 Å². The van der Waals surface area contributed by atoms with Crippen molar-refractivity contribution in [2.75, 3.05) is 0 Å². The quantitative estimate of drug-likeness (QED) is 0.536. The monoisotopic (exact) mass is 315 g/mol. The van der Waals surface area contributed by atoms with Crippen LogP contribution in [0.3, 0.4) is 0 Å². The van der Waals surface area contributed by atoms with E-state index in [1.54, 1.807) is 13.0 Å². The molecule has 0 radical (unpaired) electrons. The number of hydrogen-bond donors (Lipinski definition) is 0. The van der Waals surface area contributed by atoms with Gasteiger partial charge in [0.15, 0.2) is 0 Å². The molecule has 2 aromatic carbocycles. The van der Waals surface area contributed by atoms with Crippen molar-refractivity contribution < 1.29 is 18.5 Å². The summed E-state index contributed by atoms with van der Waals surface area (Å²) < 4.78 is 23.6. The minimum atomic E-state index is -0.578. The third-order valence-electron chi connectivity index (χ3n) is 2.97. The topological polar surface area (TPSA) is 91.3 Å². The molecule has 0 N–H and O–H groups in total. The Morgan fingerprint density at radius 3 is 2.52 bits per heavy atom. The highest BCUT2D eigenvalue weighted by Crippen LogP contribution is 2.34. The smallest absolute Gasteiger partial charge is 0.312 e. The van der Waals surface area contributed by atoms with Gasteiger partial charge in [-0.1, -0.05) is 0 Å². The highest BCUT2D eigenvalue weighted by Gasteiger charge is 2.19. The van der Waals surface area contributed by atoms with Crippen LogP contribution in [-0.4, -0.2) is 15.1 Å². The van der Waals surface area contributed by atoms with Crippen molar-refractivity contribution in [3.8, 4) is 23.0 Å². The lowest BCUT2D eigenvalue weighted by Gasteiger charge is -2.07. The predicted octanol–water partition coefficient (Wildman–Crippen LogP) is 3.88. The van der Waals surface area contributed by atoms with Gasteiger partial charge in [0.2, 0.25) is 17.5 Å². The predicted molar refractivity (Wildman–Crippen MR) is 77.6 cm³/mol. The average molecular weight is 315 g/mol. The zero-order chi connectivity index (χ0) is 16.4. The van der Waals surface area contributed by atoms with Gasteiger partial charge in [-0.05, 0) is 36.4 Å². The number of aryl methyl sites for hydroxylation is 1. The largest absolute Gasteiger partial charge is 0.450 e. The van der Waals surface area contributed by atoms with E-state index in [-0.39, 0.29) is 23.1 Å². The van der Waals surface area contributed by atoms with E-state index in [9.17, 15) is 14.5 Å². The van der Waals surface area contributed by atoms with Gasteiger partial charge in [-0.15, -0.1) is 10.2 Å². The second-order valence-corrected chi connectivity index (χ2v) is 4.62. The van der Waals surface area contributed by atoms with Crippen molar-refractivity contribution in [1.29, 1.82) is 0 Å². The van der Waals surface area contributed by atoms with Crippen LogP contribution in [0.2, 0.25) is 0 Å². The van der Waals surface area contributed by atoms with Crippen LogP contribution in [0.4, 0.5) is 10.1 Å². The maximum absolute atomic E-state index is 12.9. The zero-order valence-electron chi connectivity index (χ0n) is 11.9. The number of nitro groups is 1. The fourth-order valence-electron chi connectivity index (χ4n) is 1.92. The van der Waals surface area contributed by atoms with Gasteiger partial charge in [0.25, 0.3) is 0 Å². The molecular formula is C15H10FN3O4. The molecule has 0 saturated heterocycles. The van der Waals surface area contributed by atoms with E-state index >= 15 is 0 Å². The molecule has 7 nitrogen and oxygen atoms in total. The minimum absolute atomic E-state index is 0.0293. The summed E-state index contributed by atoms with van der Waals surface area (Å²) in [5.41, 5.74) is 0.145. The molecule has 8 heteroatoms. The first kappa shape index (κ1) is 14.6. The summed E-state index contributed by atoms with van der Waals surface area (Å²) in [5, 5.41) is 18.8. The number of nitro benzene ring substituents is 1. The molecule has 0 aliphatic carbocycles. The fraction of sp³-hybridized carbons (Fsp3) is 0.0667. The van der Waals surface area contributed by atoms with Crippen LogP contribution in [0, 0.1) is 22.9 Å². The normalized spacial score (nSPS) is 10.5. The molecule has 0 unspecified atom stereocenters. The lowest BCUT2D eigenvalue weighted by atomic mass is 10.2.